The molecule has 0 atom stereocenters. The van der Waals surface area contributed by atoms with Crippen LogP contribution in [0.4, 0.5) is 4.79 Å². The highest BCUT2D eigenvalue weighted by atomic mass is 79.9. The lowest BCUT2D eigenvalue weighted by molar-refractivity contribution is -0.123. The topological polar surface area (TPSA) is 55.8 Å². The fourth-order valence-corrected chi connectivity index (χ4v) is 5.52. The zero-order valence-corrected chi connectivity index (χ0v) is 23.7. The molecule has 1 fully saturated rings. The average molecular weight is 658 g/mol. The number of rotatable bonds is 7. The summed E-state index contributed by atoms with van der Waals surface area (Å²) in [5.74, 6) is 0.612. The predicted octanol–water partition coefficient (Wildman–Crippen LogP) is 8.34. The van der Waals surface area contributed by atoms with E-state index in [1.54, 1.807) is 43.5 Å². The van der Waals surface area contributed by atoms with Gasteiger partial charge >= 0.3 is 0 Å². The Bertz CT molecular complexity index is 1310. The molecule has 0 saturated carbocycles. The Balaban J connectivity index is 1.54. The van der Waals surface area contributed by atoms with Gasteiger partial charge in [-0.2, -0.15) is 0 Å². The zero-order valence-electron chi connectivity index (χ0n) is 18.2. The van der Waals surface area contributed by atoms with E-state index in [-0.39, 0.29) is 11.4 Å². The van der Waals surface area contributed by atoms with Crippen LogP contribution in [0.2, 0.25) is 10.0 Å². The minimum absolute atomic E-state index is 0.00361. The van der Waals surface area contributed by atoms with E-state index in [0.29, 0.717) is 43.8 Å². The Morgan fingerprint density at radius 3 is 2.37 bits per heavy atom. The van der Waals surface area contributed by atoms with Crippen molar-refractivity contribution in [3.63, 3.8) is 0 Å². The Morgan fingerprint density at radius 1 is 1.03 bits per heavy atom. The van der Waals surface area contributed by atoms with E-state index in [1.807, 2.05) is 24.3 Å². The Labute approximate surface area is 233 Å². The summed E-state index contributed by atoms with van der Waals surface area (Å²) in [6, 6.07) is 16.4. The van der Waals surface area contributed by atoms with Crippen molar-refractivity contribution < 1.29 is 19.1 Å². The van der Waals surface area contributed by atoms with E-state index in [4.69, 9.17) is 32.7 Å². The van der Waals surface area contributed by atoms with Crippen LogP contribution in [-0.4, -0.2) is 23.2 Å². The highest BCUT2D eigenvalue weighted by Crippen LogP contribution is 2.40. The lowest BCUT2D eigenvalue weighted by Gasteiger charge is -2.15. The molecule has 3 aromatic carbocycles. The van der Waals surface area contributed by atoms with Crippen molar-refractivity contribution in [2.24, 2.45) is 0 Å². The van der Waals surface area contributed by atoms with Gasteiger partial charge in [-0.3, -0.25) is 14.5 Å². The molecule has 1 aliphatic rings. The molecule has 0 unspecified atom stereocenters. The fourth-order valence-electron chi connectivity index (χ4n) is 3.33. The Morgan fingerprint density at radius 2 is 1.71 bits per heavy atom. The Hall–Kier alpha value is -1.97. The van der Waals surface area contributed by atoms with E-state index in [1.165, 1.54) is 0 Å². The number of carbonyl (C=O) groups excluding carboxylic acids is 2. The van der Waals surface area contributed by atoms with Crippen molar-refractivity contribution in [3.8, 4) is 11.5 Å². The molecular formula is C25H17Br2Cl2NO4S. The van der Waals surface area contributed by atoms with Crippen LogP contribution in [0.3, 0.4) is 0 Å². The molecule has 0 aliphatic carbocycles. The molecule has 1 heterocycles. The second-order valence-corrected chi connectivity index (χ2v) is 11.0. The smallest absolute Gasteiger partial charge is 0.293 e. The lowest BCUT2D eigenvalue weighted by Crippen LogP contribution is -2.27. The van der Waals surface area contributed by atoms with Crippen molar-refractivity contribution in [2.45, 2.75) is 13.2 Å². The first-order valence-electron chi connectivity index (χ1n) is 10.2. The van der Waals surface area contributed by atoms with Crippen LogP contribution >= 0.6 is 66.8 Å². The third-order valence-electron chi connectivity index (χ3n) is 5.10. The van der Waals surface area contributed by atoms with Gasteiger partial charge in [-0.1, -0.05) is 57.3 Å². The number of ether oxygens (including phenoxy) is 2. The van der Waals surface area contributed by atoms with Crippen LogP contribution in [0.25, 0.3) is 6.08 Å². The maximum atomic E-state index is 13.0. The van der Waals surface area contributed by atoms with Crippen molar-refractivity contribution in [3.05, 3.63) is 95.2 Å². The van der Waals surface area contributed by atoms with Gasteiger partial charge in [0.05, 0.1) is 23.0 Å². The fraction of sp³-hybridized carbons (Fsp3) is 0.120. The number of thioether (sulfide) groups is 1. The molecule has 10 heteroatoms. The first-order valence-corrected chi connectivity index (χ1v) is 13.4. The molecule has 0 N–H and O–H groups in total. The maximum absolute atomic E-state index is 13.0. The molecule has 0 spiro atoms. The van der Waals surface area contributed by atoms with E-state index in [9.17, 15) is 9.59 Å². The normalized spacial score (nSPS) is 14.7. The molecule has 0 aromatic heterocycles. The van der Waals surface area contributed by atoms with Crippen LogP contribution in [0.1, 0.15) is 16.7 Å². The highest BCUT2D eigenvalue weighted by Gasteiger charge is 2.35. The molecular weight excluding hydrogens is 641 g/mol. The van der Waals surface area contributed by atoms with Gasteiger partial charge < -0.3 is 9.47 Å². The van der Waals surface area contributed by atoms with Crippen LogP contribution in [0.5, 0.6) is 11.5 Å². The second-order valence-electron chi connectivity index (χ2n) is 7.42. The summed E-state index contributed by atoms with van der Waals surface area (Å²) in [5, 5.41) is 0.401. The summed E-state index contributed by atoms with van der Waals surface area (Å²) in [7, 11) is 1.54. The average Bonchev–Trinajstić information content (AvgIpc) is 3.08. The SMILES string of the molecule is COc1cc(/C=C2\SC(=O)N(Cc3c(Cl)cccc3Cl)C2=O)cc(Br)c1OCc1ccc(Br)cc1. The number of halogens is 4. The van der Waals surface area contributed by atoms with Crippen molar-refractivity contribution in [1.29, 1.82) is 0 Å². The lowest BCUT2D eigenvalue weighted by atomic mass is 10.1. The largest absolute Gasteiger partial charge is 0.493 e. The summed E-state index contributed by atoms with van der Waals surface area (Å²) in [6.07, 6.45) is 1.64. The molecule has 1 saturated heterocycles. The summed E-state index contributed by atoms with van der Waals surface area (Å²) >= 11 is 20.2. The van der Waals surface area contributed by atoms with E-state index >= 15 is 0 Å². The molecule has 35 heavy (non-hydrogen) atoms. The quantitative estimate of drug-likeness (QED) is 0.239. The van der Waals surface area contributed by atoms with Crippen molar-refractivity contribution in [1.82, 2.24) is 4.90 Å². The van der Waals surface area contributed by atoms with Crippen LogP contribution in [-0.2, 0) is 17.9 Å². The predicted molar refractivity (Wildman–Crippen MR) is 147 cm³/mol. The first-order chi connectivity index (χ1) is 16.8. The number of amides is 2. The third-order valence-corrected chi connectivity index (χ3v) is 7.83. The van der Waals surface area contributed by atoms with Gasteiger partial charge in [0.2, 0.25) is 0 Å². The molecule has 180 valence electrons. The summed E-state index contributed by atoms with van der Waals surface area (Å²) in [6.45, 7) is 0.349. The molecule has 0 bridgehead atoms. The second kappa shape index (κ2) is 11.4. The number of methoxy groups -OCH3 is 1. The van der Waals surface area contributed by atoms with Crippen LogP contribution in [0.15, 0.2) is 68.4 Å². The highest BCUT2D eigenvalue weighted by molar-refractivity contribution is 9.10. The molecule has 2 amide bonds. The maximum Gasteiger partial charge on any atom is 0.293 e. The minimum Gasteiger partial charge on any atom is -0.493 e. The van der Waals surface area contributed by atoms with Gasteiger partial charge in [0.25, 0.3) is 11.1 Å². The molecule has 0 radical (unpaired) electrons. The van der Waals surface area contributed by atoms with Gasteiger partial charge in [0, 0.05) is 20.1 Å². The van der Waals surface area contributed by atoms with Crippen molar-refractivity contribution >= 4 is 84.0 Å². The minimum atomic E-state index is -0.415. The number of hydrogen-bond acceptors (Lipinski definition) is 5. The standard InChI is InChI=1S/C25H17Br2Cl2NO4S/c1-33-21-10-15(9-18(27)23(21)34-13-14-5-7-16(26)8-6-14)11-22-24(31)30(25(32)35-22)12-17-19(28)3-2-4-20(17)29/h2-11H,12-13H2,1H3/b22-11-. The van der Waals surface area contributed by atoms with Gasteiger partial charge in [-0.25, -0.2) is 0 Å². The zero-order chi connectivity index (χ0) is 25.1. The molecule has 3 aromatic rings. The van der Waals surface area contributed by atoms with Crippen LogP contribution in [0, 0.1) is 0 Å². The van der Waals surface area contributed by atoms with Gasteiger partial charge in [0.15, 0.2) is 11.5 Å². The van der Waals surface area contributed by atoms with E-state index in [2.05, 4.69) is 31.9 Å². The number of imide groups is 1. The monoisotopic (exact) mass is 655 g/mol. The third kappa shape index (κ3) is 6.06. The molecule has 4 rings (SSSR count). The van der Waals surface area contributed by atoms with Gasteiger partial charge in [0.1, 0.15) is 6.61 Å². The summed E-state index contributed by atoms with van der Waals surface area (Å²) in [5.41, 5.74) is 2.19. The van der Waals surface area contributed by atoms with Crippen LogP contribution < -0.4 is 9.47 Å². The molecule has 1 aliphatic heterocycles. The van der Waals surface area contributed by atoms with E-state index < -0.39 is 11.1 Å². The number of hydrogen-bond donors (Lipinski definition) is 0. The summed E-state index contributed by atoms with van der Waals surface area (Å²) < 4.78 is 13.2. The summed E-state index contributed by atoms with van der Waals surface area (Å²) in [4.78, 5) is 27.0. The van der Waals surface area contributed by atoms with Crippen molar-refractivity contribution in [2.75, 3.05) is 7.11 Å². The van der Waals surface area contributed by atoms with E-state index in [0.717, 1.165) is 26.7 Å². The number of carbonyl (C=O) groups is 2. The number of benzene rings is 3. The Kier molecular flexibility index (Phi) is 8.50. The first kappa shape index (κ1) is 26.1. The number of nitrogens with zero attached hydrogens (tertiary/aromatic N) is 1. The van der Waals surface area contributed by atoms with Gasteiger partial charge in [-0.15, -0.1) is 0 Å². The molecule has 5 nitrogen and oxygen atoms in total. The van der Waals surface area contributed by atoms with Gasteiger partial charge in [-0.05, 0) is 81.3 Å².